The van der Waals surface area contributed by atoms with Gasteiger partial charge in [0.2, 0.25) is 0 Å². The van der Waals surface area contributed by atoms with Crippen molar-refractivity contribution in [2.45, 2.75) is 26.8 Å². The zero-order chi connectivity index (χ0) is 23.3. The van der Waals surface area contributed by atoms with Gasteiger partial charge in [0.25, 0.3) is 0 Å². The standard InChI is InChI=1S/C24H26Cl2N4O2/c1-5-15(16-8-6-14(2)7-9-16)10-18-24(27)29-13-21(30-18)28-12-17-22(25)19(31-3)11-20(32-4)23(17)26/h6-11,13H,5,12H2,1-4H3,(H2,27,29)(H,28,30)/b15-10+. The number of halogens is 2. The molecule has 0 fully saturated rings. The minimum Gasteiger partial charge on any atom is -0.495 e. The fourth-order valence-electron chi connectivity index (χ4n) is 3.20. The van der Waals surface area contributed by atoms with E-state index in [4.69, 9.17) is 38.4 Å². The number of aryl methyl sites for hydroxylation is 1. The number of rotatable bonds is 8. The van der Waals surface area contributed by atoms with Gasteiger partial charge in [-0.25, -0.2) is 9.97 Å². The average Bonchev–Trinajstić information content (AvgIpc) is 2.80. The van der Waals surface area contributed by atoms with Crippen LogP contribution in [0.3, 0.4) is 0 Å². The molecule has 1 aromatic heterocycles. The lowest BCUT2D eigenvalue weighted by molar-refractivity contribution is 0.394. The Morgan fingerprint density at radius 1 is 1.09 bits per heavy atom. The number of methoxy groups -OCH3 is 2. The first-order valence-electron chi connectivity index (χ1n) is 10.1. The molecule has 168 valence electrons. The summed E-state index contributed by atoms with van der Waals surface area (Å²) in [7, 11) is 3.07. The lowest BCUT2D eigenvalue weighted by Crippen LogP contribution is -2.07. The molecule has 3 N–H and O–H groups in total. The highest BCUT2D eigenvalue weighted by atomic mass is 35.5. The van der Waals surface area contributed by atoms with Crippen LogP contribution in [0.25, 0.3) is 11.6 Å². The lowest BCUT2D eigenvalue weighted by atomic mass is 10.0. The van der Waals surface area contributed by atoms with Gasteiger partial charge in [-0.2, -0.15) is 0 Å². The molecule has 0 bridgehead atoms. The Hall–Kier alpha value is -2.96. The van der Waals surface area contributed by atoms with Crippen LogP contribution in [-0.2, 0) is 6.54 Å². The van der Waals surface area contributed by atoms with E-state index < -0.39 is 0 Å². The molecular weight excluding hydrogens is 447 g/mol. The van der Waals surface area contributed by atoms with Gasteiger partial charge in [-0.3, -0.25) is 0 Å². The number of ether oxygens (including phenoxy) is 2. The molecule has 3 aromatic rings. The normalized spacial score (nSPS) is 11.4. The van der Waals surface area contributed by atoms with Crippen molar-refractivity contribution in [3.8, 4) is 11.5 Å². The molecule has 1 heterocycles. The molecule has 0 unspecified atom stereocenters. The SMILES string of the molecule is CC/C(=C\c1nc(NCc2c(Cl)c(OC)cc(OC)c2Cl)cnc1N)c1ccc(C)cc1. The van der Waals surface area contributed by atoms with Gasteiger partial charge < -0.3 is 20.5 Å². The van der Waals surface area contributed by atoms with Crippen LogP contribution in [-0.4, -0.2) is 24.2 Å². The molecule has 0 saturated carbocycles. The molecule has 8 heteroatoms. The van der Waals surface area contributed by atoms with Gasteiger partial charge in [0.05, 0.1) is 30.5 Å². The highest BCUT2D eigenvalue weighted by molar-refractivity contribution is 6.37. The third-order valence-corrected chi connectivity index (χ3v) is 5.88. The van der Waals surface area contributed by atoms with Crippen molar-refractivity contribution in [1.29, 1.82) is 0 Å². The number of allylic oxidation sites excluding steroid dienone is 1. The molecule has 0 radical (unpaired) electrons. The van der Waals surface area contributed by atoms with Crippen LogP contribution in [0.4, 0.5) is 11.6 Å². The van der Waals surface area contributed by atoms with E-state index in [2.05, 4.69) is 53.4 Å². The van der Waals surface area contributed by atoms with Gasteiger partial charge in [-0.15, -0.1) is 0 Å². The van der Waals surface area contributed by atoms with Crippen LogP contribution in [0.2, 0.25) is 10.0 Å². The molecule has 6 nitrogen and oxygen atoms in total. The van der Waals surface area contributed by atoms with Crippen LogP contribution in [0.15, 0.2) is 36.5 Å². The summed E-state index contributed by atoms with van der Waals surface area (Å²) in [6, 6.07) is 10.0. The van der Waals surface area contributed by atoms with Crippen LogP contribution < -0.4 is 20.5 Å². The number of benzene rings is 2. The van der Waals surface area contributed by atoms with Gasteiger partial charge in [-0.05, 0) is 30.6 Å². The van der Waals surface area contributed by atoms with Gasteiger partial charge in [0, 0.05) is 18.2 Å². The van der Waals surface area contributed by atoms with Crippen molar-refractivity contribution in [3.05, 3.63) is 69.0 Å². The highest BCUT2D eigenvalue weighted by Crippen LogP contribution is 2.40. The molecule has 2 aromatic carbocycles. The highest BCUT2D eigenvalue weighted by Gasteiger charge is 2.17. The smallest absolute Gasteiger partial charge is 0.149 e. The second kappa shape index (κ2) is 10.6. The fourth-order valence-corrected chi connectivity index (χ4v) is 3.83. The predicted molar refractivity (Wildman–Crippen MR) is 133 cm³/mol. The van der Waals surface area contributed by atoms with E-state index in [1.165, 1.54) is 19.8 Å². The van der Waals surface area contributed by atoms with Gasteiger partial charge in [0.15, 0.2) is 0 Å². The summed E-state index contributed by atoms with van der Waals surface area (Å²) in [6.45, 7) is 4.46. The van der Waals surface area contributed by atoms with Crippen LogP contribution >= 0.6 is 23.2 Å². The van der Waals surface area contributed by atoms with Crippen LogP contribution in [0, 0.1) is 6.92 Å². The van der Waals surface area contributed by atoms with Crippen molar-refractivity contribution in [3.63, 3.8) is 0 Å². The minimum absolute atomic E-state index is 0.297. The van der Waals surface area contributed by atoms with Crippen molar-refractivity contribution in [2.24, 2.45) is 0 Å². The van der Waals surface area contributed by atoms with Crippen LogP contribution in [0.1, 0.15) is 35.7 Å². The Morgan fingerprint density at radius 3 is 2.28 bits per heavy atom. The molecule has 0 aliphatic rings. The fraction of sp³-hybridized carbons (Fsp3) is 0.250. The maximum absolute atomic E-state index is 6.46. The largest absolute Gasteiger partial charge is 0.495 e. The zero-order valence-electron chi connectivity index (χ0n) is 18.5. The summed E-state index contributed by atoms with van der Waals surface area (Å²) < 4.78 is 10.6. The molecule has 0 aliphatic carbocycles. The summed E-state index contributed by atoms with van der Waals surface area (Å²) in [5, 5.41) is 4.02. The maximum atomic E-state index is 6.46. The number of nitrogens with two attached hydrogens (primary N) is 1. The predicted octanol–water partition coefficient (Wildman–Crippen LogP) is 6.25. The number of nitrogen functional groups attached to an aromatic ring is 1. The summed E-state index contributed by atoms with van der Waals surface area (Å²) in [5.41, 5.74) is 10.8. The zero-order valence-corrected chi connectivity index (χ0v) is 20.0. The van der Waals surface area contributed by atoms with E-state index in [0.717, 1.165) is 17.6 Å². The van der Waals surface area contributed by atoms with Crippen LogP contribution in [0.5, 0.6) is 11.5 Å². The monoisotopic (exact) mass is 472 g/mol. The topological polar surface area (TPSA) is 82.3 Å². The molecule has 0 amide bonds. The molecular formula is C24H26Cl2N4O2. The molecule has 0 aliphatic heterocycles. The minimum atomic E-state index is 0.297. The number of nitrogens with one attached hydrogen (secondary N) is 1. The Labute approximate surface area is 198 Å². The Bertz CT molecular complexity index is 1100. The van der Waals surface area contributed by atoms with E-state index in [9.17, 15) is 0 Å². The maximum Gasteiger partial charge on any atom is 0.149 e. The molecule has 0 atom stereocenters. The number of nitrogens with zero attached hydrogens (tertiary/aromatic N) is 2. The quantitative estimate of drug-likeness (QED) is 0.402. The average molecular weight is 473 g/mol. The third kappa shape index (κ3) is 5.26. The summed E-state index contributed by atoms with van der Waals surface area (Å²) >= 11 is 12.9. The van der Waals surface area contributed by atoms with E-state index >= 15 is 0 Å². The Kier molecular flexibility index (Phi) is 7.83. The van der Waals surface area contributed by atoms with Gasteiger partial charge >= 0.3 is 0 Å². The van der Waals surface area contributed by atoms with E-state index in [1.54, 1.807) is 12.3 Å². The number of hydrogen-bond acceptors (Lipinski definition) is 6. The van der Waals surface area contributed by atoms with Gasteiger partial charge in [0.1, 0.15) is 28.8 Å². The first-order valence-corrected chi connectivity index (χ1v) is 10.9. The third-order valence-electron chi connectivity index (χ3n) is 5.05. The molecule has 0 spiro atoms. The van der Waals surface area contributed by atoms with Crippen molar-refractivity contribution in [1.82, 2.24) is 9.97 Å². The first kappa shape index (κ1) is 23.7. The second-order valence-electron chi connectivity index (χ2n) is 7.16. The summed E-state index contributed by atoms with van der Waals surface area (Å²) in [4.78, 5) is 8.93. The first-order chi connectivity index (χ1) is 15.4. The van der Waals surface area contributed by atoms with Gasteiger partial charge in [-0.1, -0.05) is 60.0 Å². The van der Waals surface area contributed by atoms with Crippen molar-refractivity contribution >= 4 is 46.5 Å². The number of anilines is 2. The second-order valence-corrected chi connectivity index (χ2v) is 7.91. The Balaban J connectivity index is 1.89. The number of aromatic nitrogens is 2. The molecule has 3 rings (SSSR count). The van der Waals surface area contributed by atoms with Crippen molar-refractivity contribution < 1.29 is 9.47 Å². The number of hydrogen-bond donors (Lipinski definition) is 2. The molecule has 0 saturated heterocycles. The summed E-state index contributed by atoms with van der Waals surface area (Å²) in [5.74, 6) is 1.84. The van der Waals surface area contributed by atoms with Crippen molar-refractivity contribution in [2.75, 3.05) is 25.3 Å². The molecule has 32 heavy (non-hydrogen) atoms. The van der Waals surface area contributed by atoms with E-state index in [0.29, 0.717) is 51.0 Å². The Morgan fingerprint density at radius 2 is 1.72 bits per heavy atom. The van der Waals surface area contributed by atoms with E-state index in [1.807, 2.05) is 6.08 Å². The summed E-state index contributed by atoms with van der Waals surface area (Å²) in [6.07, 6.45) is 4.37. The lowest BCUT2D eigenvalue weighted by Gasteiger charge is -2.15. The van der Waals surface area contributed by atoms with E-state index in [-0.39, 0.29) is 0 Å².